The summed E-state index contributed by atoms with van der Waals surface area (Å²) in [6.45, 7) is 10.0. The van der Waals surface area contributed by atoms with E-state index in [9.17, 15) is 9.59 Å². The first-order chi connectivity index (χ1) is 11.8. The van der Waals surface area contributed by atoms with E-state index in [2.05, 4.69) is 10.2 Å². The standard InChI is InChI=1S/C19H28ClN3O2/c1-5-14(2)21-17(24)19(3,4)18(25)23-11-9-22(10-12-23)16-8-6-7-15(20)13-16/h6-8,13-14H,5,9-12H2,1-4H3,(H,21,24). The number of rotatable bonds is 5. The molecule has 138 valence electrons. The highest BCUT2D eigenvalue weighted by Gasteiger charge is 2.40. The zero-order valence-corrected chi connectivity index (χ0v) is 16.3. The van der Waals surface area contributed by atoms with Crippen molar-refractivity contribution in [2.45, 2.75) is 40.2 Å². The Morgan fingerprint density at radius 2 is 1.88 bits per heavy atom. The van der Waals surface area contributed by atoms with E-state index >= 15 is 0 Å². The molecule has 25 heavy (non-hydrogen) atoms. The third kappa shape index (κ3) is 4.66. The zero-order valence-electron chi connectivity index (χ0n) is 15.5. The maximum atomic E-state index is 12.9. The highest BCUT2D eigenvalue weighted by molar-refractivity contribution is 6.30. The van der Waals surface area contributed by atoms with Gasteiger partial charge in [0.2, 0.25) is 11.8 Å². The van der Waals surface area contributed by atoms with Gasteiger partial charge in [-0.2, -0.15) is 0 Å². The quantitative estimate of drug-likeness (QED) is 0.816. The first-order valence-electron chi connectivity index (χ1n) is 8.86. The third-order valence-electron chi connectivity index (χ3n) is 4.83. The van der Waals surface area contributed by atoms with Crippen molar-refractivity contribution in [2.75, 3.05) is 31.1 Å². The van der Waals surface area contributed by atoms with Gasteiger partial charge in [0.05, 0.1) is 0 Å². The normalized spacial score (nSPS) is 16.5. The zero-order chi connectivity index (χ0) is 18.6. The number of hydrogen-bond donors (Lipinski definition) is 1. The Morgan fingerprint density at radius 3 is 2.44 bits per heavy atom. The lowest BCUT2D eigenvalue weighted by Crippen LogP contribution is -2.56. The lowest BCUT2D eigenvalue weighted by Gasteiger charge is -2.39. The summed E-state index contributed by atoms with van der Waals surface area (Å²) < 4.78 is 0. The Labute approximate surface area is 155 Å². The molecule has 0 saturated carbocycles. The van der Waals surface area contributed by atoms with Gasteiger partial charge in [0.15, 0.2) is 0 Å². The molecule has 2 amide bonds. The largest absolute Gasteiger partial charge is 0.368 e. The number of halogens is 1. The van der Waals surface area contributed by atoms with Crippen LogP contribution in [-0.4, -0.2) is 48.9 Å². The van der Waals surface area contributed by atoms with Crippen LogP contribution in [0.3, 0.4) is 0 Å². The van der Waals surface area contributed by atoms with Crippen LogP contribution in [0.5, 0.6) is 0 Å². The molecular formula is C19H28ClN3O2. The molecule has 0 bridgehead atoms. The second kappa shape index (κ2) is 8.09. The fraction of sp³-hybridized carbons (Fsp3) is 0.579. The Hall–Kier alpha value is -1.75. The topological polar surface area (TPSA) is 52.7 Å². The monoisotopic (exact) mass is 365 g/mol. The van der Waals surface area contributed by atoms with E-state index in [1.165, 1.54) is 0 Å². The molecule has 0 spiro atoms. The number of nitrogens with one attached hydrogen (secondary N) is 1. The van der Waals surface area contributed by atoms with Crippen molar-refractivity contribution in [3.8, 4) is 0 Å². The van der Waals surface area contributed by atoms with E-state index in [0.29, 0.717) is 18.1 Å². The molecule has 1 aliphatic rings. The second-order valence-electron chi connectivity index (χ2n) is 7.17. The summed E-state index contributed by atoms with van der Waals surface area (Å²) in [5.74, 6) is -0.317. The van der Waals surface area contributed by atoms with Gasteiger partial charge in [-0.25, -0.2) is 0 Å². The molecule has 1 saturated heterocycles. The fourth-order valence-corrected chi connectivity index (χ4v) is 3.02. The number of piperazine rings is 1. The molecule has 1 aromatic rings. The summed E-state index contributed by atoms with van der Waals surface area (Å²) in [5, 5.41) is 3.63. The van der Waals surface area contributed by atoms with Crippen molar-refractivity contribution in [3.63, 3.8) is 0 Å². The van der Waals surface area contributed by atoms with Gasteiger partial charge in [-0.1, -0.05) is 24.6 Å². The highest BCUT2D eigenvalue weighted by Crippen LogP contribution is 2.24. The molecule has 0 radical (unpaired) electrons. The number of anilines is 1. The van der Waals surface area contributed by atoms with E-state index < -0.39 is 5.41 Å². The molecule has 1 atom stereocenters. The average molecular weight is 366 g/mol. The molecular weight excluding hydrogens is 338 g/mol. The van der Waals surface area contributed by atoms with Gasteiger partial charge in [0.1, 0.15) is 5.41 Å². The van der Waals surface area contributed by atoms with Crippen LogP contribution in [-0.2, 0) is 9.59 Å². The molecule has 2 rings (SSSR count). The third-order valence-corrected chi connectivity index (χ3v) is 5.07. The van der Waals surface area contributed by atoms with Crippen LogP contribution in [0.25, 0.3) is 0 Å². The van der Waals surface area contributed by atoms with Crippen LogP contribution in [0.2, 0.25) is 5.02 Å². The second-order valence-corrected chi connectivity index (χ2v) is 7.60. The molecule has 0 aliphatic carbocycles. The van der Waals surface area contributed by atoms with Crippen molar-refractivity contribution in [1.82, 2.24) is 10.2 Å². The summed E-state index contributed by atoms with van der Waals surface area (Å²) in [6, 6.07) is 7.80. The SMILES string of the molecule is CCC(C)NC(=O)C(C)(C)C(=O)N1CCN(c2cccc(Cl)c2)CC1. The van der Waals surface area contributed by atoms with Crippen molar-refractivity contribution < 1.29 is 9.59 Å². The van der Waals surface area contributed by atoms with Crippen molar-refractivity contribution in [1.29, 1.82) is 0 Å². The number of amides is 2. The van der Waals surface area contributed by atoms with Gasteiger partial charge in [0.25, 0.3) is 0 Å². The molecule has 5 nitrogen and oxygen atoms in total. The van der Waals surface area contributed by atoms with E-state index in [1.807, 2.05) is 38.1 Å². The lowest BCUT2D eigenvalue weighted by molar-refractivity contribution is -0.149. The van der Waals surface area contributed by atoms with E-state index in [-0.39, 0.29) is 17.9 Å². The predicted octanol–water partition coefficient (Wildman–Crippen LogP) is 2.93. The summed E-state index contributed by atoms with van der Waals surface area (Å²) in [6.07, 6.45) is 0.842. The van der Waals surface area contributed by atoms with Crippen LogP contribution in [0.15, 0.2) is 24.3 Å². The number of hydrogen-bond acceptors (Lipinski definition) is 3. The Bertz CT molecular complexity index is 625. The first-order valence-corrected chi connectivity index (χ1v) is 9.24. The van der Waals surface area contributed by atoms with Crippen LogP contribution in [0.1, 0.15) is 34.1 Å². The minimum atomic E-state index is -1.05. The summed E-state index contributed by atoms with van der Waals surface area (Å²) in [4.78, 5) is 29.3. The molecule has 1 N–H and O–H groups in total. The number of benzene rings is 1. The number of carbonyl (C=O) groups is 2. The van der Waals surface area contributed by atoms with Crippen molar-refractivity contribution >= 4 is 29.1 Å². The van der Waals surface area contributed by atoms with Gasteiger partial charge in [-0.15, -0.1) is 0 Å². The minimum Gasteiger partial charge on any atom is -0.368 e. The van der Waals surface area contributed by atoms with Crippen LogP contribution >= 0.6 is 11.6 Å². The fourth-order valence-electron chi connectivity index (χ4n) is 2.84. The van der Waals surface area contributed by atoms with Gasteiger partial charge >= 0.3 is 0 Å². The maximum Gasteiger partial charge on any atom is 0.237 e. The molecule has 1 aromatic carbocycles. The van der Waals surface area contributed by atoms with E-state index in [0.717, 1.165) is 25.2 Å². The summed E-state index contributed by atoms with van der Waals surface area (Å²) in [7, 11) is 0. The Balaban J connectivity index is 1.97. The van der Waals surface area contributed by atoms with Crippen LogP contribution in [0, 0.1) is 5.41 Å². The molecule has 1 unspecified atom stereocenters. The van der Waals surface area contributed by atoms with Gasteiger partial charge in [0, 0.05) is 42.9 Å². The molecule has 1 heterocycles. The highest BCUT2D eigenvalue weighted by atomic mass is 35.5. The van der Waals surface area contributed by atoms with Crippen LogP contribution in [0.4, 0.5) is 5.69 Å². The van der Waals surface area contributed by atoms with Gasteiger partial charge in [-0.05, 0) is 45.4 Å². The van der Waals surface area contributed by atoms with Crippen molar-refractivity contribution in [3.05, 3.63) is 29.3 Å². The summed E-state index contributed by atoms with van der Waals surface area (Å²) in [5.41, 5.74) is 0.00939. The first kappa shape index (κ1) is 19.6. The molecule has 0 aromatic heterocycles. The lowest BCUT2D eigenvalue weighted by atomic mass is 9.89. The molecule has 6 heteroatoms. The maximum absolute atomic E-state index is 12.9. The number of nitrogens with zero attached hydrogens (tertiary/aromatic N) is 2. The molecule has 1 fully saturated rings. The average Bonchev–Trinajstić information content (AvgIpc) is 2.61. The summed E-state index contributed by atoms with van der Waals surface area (Å²) >= 11 is 6.06. The van der Waals surface area contributed by atoms with Crippen LogP contribution < -0.4 is 10.2 Å². The van der Waals surface area contributed by atoms with E-state index in [4.69, 9.17) is 11.6 Å². The minimum absolute atomic E-state index is 0.0688. The van der Waals surface area contributed by atoms with Gasteiger partial charge < -0.3 is 15.1 Å². The molecule has 1 aliphatic heterocycles. The Kier molecular flexibility index (Phi) is 6.33. The predicted molar refractivity (Wildman–Crippen MR) is 102 cm³/mol. The van der Waals surface area contributed by atoms with Gasteiger partial charge in [-0.3, -0.25) is 9.59 Å². The number of carbonyl (C=O) groups excluding carboxylic acids is 2. The van der Waals surface area contributed by atoms with E-state index in [1.54, 1.807) is 18.7 Å². The smallest absolute Gasteiger partial charge is 0.237 e. The Morgan fingerprint density at radius 1 is 1.24 bits per heavy atom. The van der Waals surface area contributed by atoms with Crippen molar-refractivity contribution in [2.24, 2.45) is 5.41 Å².